The maximum Gasteiger partial charge on any atom is 0.257 e. The maximum atomic E-state index is 12.3. The Hall–Kier alpha value is -2.33. The van der Waals surface area contributed by atoms with Crippen LogP contribution in [0.15, 0.2) is 48.5 Å². The highest BCUT2D eigenvalue weighted by molar-refractivity contribution is 5.77. The van der Waals surface area contributed by atoms with Gasteiger partial charge < -0.3 is 14.8 Å². The summed E-state index contributed by atoms with van der Waals surface area (Å²) in [7, 11) is 0. The Morgan fingerprint density at radius 3 is 2.54 bits per heavy atom. The molecule has 0 saturated carbocycles. The van der Waals surface area contributed by atoms with Crippen molar-refractivity contribution in [3.63, 3.8) is 0 Å². The molecule has 1 aliphatic rings. The van der Waals surface area contributed by atoms with E-state index in [1.165, 1.54) is 11.1 Å². The third-order valence-electron chi connectivity index (χ3n) is 5.15. The smallest absolute Gasteiger partial charge is 0.257 e. The SMILES string of the molecule is Cc1ccc(OCC(=O)NCC2(c3ccccc3)CCOCC2)c(C)c1. The molecule has 1 N–H and O–H groups in total. The minimum Gasteiger partial charge on any atom is -0.484 e. The van der Waals surface area contributed by atoms with E-state index in [-0.39, 0.29) is 17.9 Å². The third-order valence-corrected chi connectivity index (χ3v) is 5.15. The Balaban J connectivity index is 1.59. The van der Waals surface area contributed by atoms with Crippen molar-refractivity contribution in [2.24, 2.45) is 0 Å². The Morgan fingerprint density at radius 2 is 1.85 bits per heavy atom. The highest BCUT2D eigenvalue weighted by Crippen LogP contribution is 2.34. The summed E-state index contributed by atoms with van der Waals surface area (Å²) >= 11 is 0. The zero-order chi connectivity index (χ0) is 18.4. The molecule has 1 saturated heterocycles. The molecular weight excluding hydrogens is 326 g/mol. The van der Waals surface area contributed by atoms with Crippen molar-refractivity contribution in [1.29, 1.82) is 0 Å². The molecule has 0 atom stereocenters. The Labute approximate surface area is 155 Å². The van der Waals surface area contributed by atoms with E-state index in [1.807, 2.05) is 32.0 Å². The second-order valence-electron chi connectivity index (χ2n) is 7.09. The minimum atomic E-state index is -0.0910. The van der Waals surface area contributed by atoms with Gasteiger partial charge in [-0.25, -0.2) is 0 Å². The van der Waals surface area contributed by atoms with Gasteiger partial charge in [-0.1, -0.05) is 48.0 Å². The van der Waals surface area contributed by atoms with Crippen molar-refractivity contribution < 1.29 is 14.3 Å². The number of nitrogens with one attached hydrogen (secondary N) is 1. The molecule has 1 aliphatic heterocycles. The molecule has 1 heterocycles. The van der Waals surface area contributed by atoms with Crippen LogP contribution in [0.3, 0.4) is 0 Å². The van der Waals surface area contributed by atoms with E-state index in [9.17, 15) is 4.79 Å². The molecule has 3 rings (SSSR count). The molecule has 0 unspecified atom stereocenters. The first kappa shape index (κ1) is 18.5. The van der Waals surface area contributed by atoms with E-state index in [4.69, 9.17) is 9.47 Å². The van der Waals surface area contributed by atoms with E-state index in [0.29, 0.717) is 6.54 Å². The van der Waals surface area contributed by atoms with E-state index in [2.05, 4.69) is 35.6 Å². The van der Waals surface area contributed by atoms with Gasteiger partial charge in [0.25, 0.3) is 5.91 Å². The number of amides is 1. The van der Waals surface area contributed by atoms with E-state index < -0.39 is 0 Å². The van der Waals surface area contributed by atoms with Gasteiger partial charge >= 0.3 is 0 Å². The van der Waals surface area contributed by atoms with Crippen LogP contribution in [-0.4, -0.2) is 32.3 Å². The standard InChI is InChI=1S/C22H27NO3/c1-17-8-9-20(18(2)14-17)26-15-21(24)23-16-22(10-12-25-13-11-22)19-6-4-3-5-7-19/h3-9,14H,10-13,15-16H2,1-2H3,(H,23,24). The van der Waals surface area contributed by atoms with E-state index in [0.717, 1.165) is 37.4 Å². The molecular formula is C22H27NO3. The molecule has 0 aromatic heterocycles. The summed E-state index contributed by atoms with van der Waals surface area (Å²) in [6, 6.07) is 16.4. The molecule has 138 valence electrons. The van der Waals surface area contributed by atoms with Gasteiger partial charge in [0.1, 0.15) is 5.75 Å². The second-order valence-corrected chi connectivity index (χ2v) is 7.09. The average molecular weight is 353 g/mol. The summed E-state index contributed by atoms with van der Waals surface area (Å²) in [5.74, 6) is 0.668. The lowest BCUT2D eigenvalue weighted by Crippen LogP contribution is -2.45. The number of aryl methyl sites for hydroxylation is 2. The van der Waals surface area contributed by atoms with Crippen molar-refractivity contribution in [3.05, 3.63) is 65.2 Å². The normalized spacial score (nSPS) is 16.1. The Bertz CT molecular complexity index is 736. The molecule has 4 nitrogen and oxygen atoms in total. The second kappa shape index (κ2) is 8.37. The molecule has 0 aliphatic carbocycles. The monoisotopic (exact) mass is 353 g/mol. The molecule has 0 radical (unpaired) electrons. The van der Waals surface area contributed by atoms with Crippen molar-refractivity contribution >= 4 is 5.91 Å². The number of benzene rings is 2. The molecule has 2 aromatic rings. The lowest BCUT2D eigenvalue weighted by Gasteiger charge is -2.38. The largest absolute Gasteiger partial charge is 0.484 e. The van der Waals surface area contributed by atoms with Gasteiger partial charge in [0.15, 0.2) is 6.61 Å². The number of carbonyl (C=O) groups is 1. The summed E-state index contributed by atoms with van der Waals surface area (Å²) in [6.45, 7) is 6.13. The Morgan fingerprint density at radius 1 is 1.12 bits per heavy atom. The summed E-state index contributed by atoms with van der Waals surface area (Å²) in [6.07, 6.45) is 1.82. The lowest BCUT2D eigenvalue weighted by atomic mass is 9.74. The van der Waals surface area contributed by atoms with Crippen LogP contribution in [0.5, 0.6) is 5.75 Å². The summed E-state index contributed by atoms with van der Waals surface area (Å²) in [5.41, 5.74) is 3.43. The first-order valence-electron chi connectivity index (χ1n) is 9.19. The fourth-order valence-electron chi connectivity index (χ4n) is 3.54. The van der Waals surface area contributed by atoms with Crippen LogP contribution in [0.25, 0.3) is 0 Å². The first-order chi connectivity index (χ1) is 12.6. The lowest BCUT2D eigenvalue weighted by molar-refractivity contribution is -0.123. The Kier molecular flexibility index (Phi) is 5.94. The molecule has 4 heteroatoms. The van der Waals surface area contributed by atoms with Gasteiger partial charge in [-0.2, -0.15) is 0 Å². The molecule has 1 fully saturated rings. The molecule has 1 amide bonds. The average Bonchev–Trinajstić information content (AvgIpc) is 2.67. The van der Waals surface area contributed by atoms with Crippen LogP contribution in [0.2, 0.25) is 0 Å². The van der Waals surface area contributed by atoms with Crippen LogP contribution in [-0.2, 0) is 14.9 Å². The highest BCUT2D eigenvalue weighted by Gasteiger charge is 2.34. The summed E-state index contributed by atoms with van der Waals surface area (Å²) in [5, 5.41) is 3.07. The van der Waals surface area contributed by atoms with Crippen LogP contribution in [0.1, 0.15) is 29.5 Å². The van der Waals surface area contributed by atoms with Crippen LogP contribution >= 0.6 is 0 Å². The van der Waals surface area contributed by atoms with Gasteiger partial charge in [-0.15, -0.1) is 0 Å². The quantitative estimate of drug-likeness (QED) is 0.864. The molecule has 0 spiro atoms. The first-order valence-corrected chi connectivity index (χ1v) is 9.19. The highest BCUT2D eigenvalue weighted by atomic mass is 16.5. The van der Waals surface area contributed by atoms with Crippen LogP contribution < -0.4 is 10.1 Å². The zero-order valence-electron chi connectivity index (χ0n) is 15.6. The predicted molar refractivity (Wildman–Crippen MR) is 103 cm³/mol. The van der Waals surface area contributed by atoms with Gasteiger partial charge in [-0.05, 0) is 43.9 Å². The van der Waals surface area contributed by atoms with E-state index >= 15 is 0 Å². The van der Waals surface area contributed by atoms with Crippen molar-refractivity contribution in [2.45, 2.75) is 32.1 Å². The molecule has 0 bridgehead atoms. The predicted octanol–water partition coefficient (Wildman–Crippen LogP) is 3.55. The topological polar surface area (TPSA) is 47.6 Å². The molecule has 2 aromatic carbocycles. The summed E-state index contributed by atoms with van der Waals surface area (Å²) < 4.78 is 11.2. The van der Waals surface area contributed by atoms with Crippen molar-refractivity contribution in [2.75, 3.05) is 26.4 Å². The number of ether oxygens (including phenoxy) is 2. The number of hydrogen-bond acceptors (Lipinski definition) is 3. The summed E-state index contributed by atoms with van der Waals surface area (Å²) in [4.78, 5) is 12.3. The van der Waals surface area contributed by atoms with Crippen LogP contribution in [0, 0.1) is 13.8 Å². The van der Waals surface area contributed by atoms with Gasteiger partial charge in [0.2, 0.25) is 0 Å². The number of carbonyl (C=O) groups excluding carboxylic acids is 1. The molecule has 26 heavy (non-hydrogen) atoms. The van der Waals surface area contributed by atoms with Crippen LogP contribution in [0.4, 0.5) is 0 Å². The van der Waals surface area contributed by atoms with Crippen molar-refractivity contribution in [1.82, 2.24) is 5.32 Å². The van der Waals surface area contributed by atoms with E-state index in [1.54, 1.807) is 0 Å². The van der Waals surface area contributed by atoms with Gasteiger partial charge in [-0.3, -0.25) is 4.79 Å². The fraction of sp³-hybridized carbons (Fsp3) is 0.409. The van der Waals surface area contributed by atoms with Gasteiger partial charge in [0.05, 0.1) is 0 Å². The number of hydrogen-bond donors (Lipinski definition) is 1. The maximum absolute atomic E-state index is 12.3. The number of rotatable bonds is 6. The van der Waals surface area contributed by atoms with Gasteiger partial charge in [0, 0.05) is 25.2 Å². The zero-order valence-corrected chi connectivity index (χ0v) is 15.6. The third kappa shape index (κ3) is 4.44. The fourth-order valence-corrected chi connectivity index (χ4v) is 3.54. The van der Waals surface area contributed by atoms with Crippen molar-refractivity contribution in [3.8, 4) is 5.75 Å². The minimum absolute atomic E-state index is 0.0330.